The van der Waals surface area contributed by atoms with Gasteiger partial charge in [-0.1, -0.05) is 25.1 Å². The number of amides is 4. The molecule has 1 aromatic heterocycles. The van der Waals surface area contributed by atoms with Crippen molar-refractivity contribution in [3.63, 3.8) is 0 Å². The molecule has 2 atom stereocenters. The summed E-state index contributed by atoms with van der Waals surface area (Å²) in [5, 5.41) is 5.51. The van der Waals surface area contributed by atoms with Crippen LogP contribution in [0.4, 0.5) is 9.18 Å². The maximum atomic E-state index is 13.1. The highest BCUT2D eigenvalue weighted by molar-refractivity contribution is 6.02. The first kappa shape index (κ1) is 20.4. The van der Waals surface area contributed by atoms with Crippen LogP contribution in [0.2, 0.25) is 0 Å². The molecule has 29 heavy (non-hydrogen) atoms. The van der Waals surface area contributed by atoms with Gasteiger partial charge in [-0.15, -0.1) is 0 Å². The summed E-state index contributed by atoms with van der Waals surface area (Å²) < 4.78 is 13.1. The summed E-state index contributed by atoms with van der Waals surface area (Å²) in [4.78, 5) is 43.0. The van der Waals surface area contributed by atoms with Crippen LogP contribution >= 0.6 is 0 Å². The van der Waals surface area contributed by atoms with E-state index in [1.165, 1.54) is 24.3 Å². The van der Waals surface area contributed by atoms with E-state index < -0.39 is 29.8 Å². The first-order valence-electron chi connectivity index (χ1n) is 9.55. The minimum absolute atomic E-state index is 0.00902. The van der Waals surface area contributed by atoms with Gasteiger partial charge in [0, 0.05) is 24.9 Å². The van der Waals surface area contributed by atoms with E-state index in [1.54, 1.807) is 13.1 Å². The lowest BCUT2D eigenvalue weighted by Gasteiger charge is -2.35. The average Bonchev–Trinajstić information content (AvgIpc) is 2.71. The van der Waals surface area contributed by atoms with Gasteiger partial charge in [-0.05, 0) is 36.2 Å². The first-order chi connectivity index (χ1) is 14.0. The second-order valence-corrected chi connectivity index (χ2v) is 6.81. The summed E-state index contributed by atoms with van der Waals surface area (Å²) in [6.07, 6.45) is 2.54. The minimum atomic E-state index is -0.889. The van der Waals surface area contributed by atoms with Crippen LogP contribution in [0.3, 0.4) is 0 Å². The van der Waals surface area contributed by atoms with E-state index in [2.05, 4.69) is 15.6 Å². The first-order valence-corrected chi connectivity index (χ1v) is 9.55. The quantitative estimate of drug-likeness (QED) is 0.749. The Morgan fingerprint density at radius 2 is 2.03 bits per heavy atom. The van der Waals surface area contributed by atoms with E-state index in [0.717, 1.165) is 10.6 Å². The molecule has 2 aromatic rings. The number of carbonyl (C=O) groups excluding carboxylic acids is 3. The Labute approximate surface area is 168 Å². The SMILES string of the molecule is CCC(C(=O)NCCc1ccccn1)N1C(=O)CC(c2ccc(F)cc2)NC1=O. The van der Waals surface area contributed by atoms with Crippen LogP contribution < -0.4 is 10.6 Å². The smallest absolute Gasteiger partial charge is 0.325 e. The van der Waals surface area contributed by atoms with Gasteiger partial charge in [-0.25, -0.2) is 9.18 Å². The van der Waals surface area contributed by atoms with Gasteiger partial charge in [-0.2, -0.15) is 0 Å². The molecule has 8 heteroatoms. The number of benzene rings is 1. The molecule has 152 valence electrons. The van der Waals surface area contributed by atoms with E-state index >= 15 is 0 Å². The molecule has 0 saturated carbocycles. The van der Waals surface area contributed by atoms with Crippen molar-refractivity contribution in [1.82, 2.24) is 20.5 Å². The standard InChI is InChI=1S/C21H23FN4O3/c1-2-18(20(28)24-12-10-16-5-3-4-11-23-16)26-19(27)13-17(25-21(26)29)14-6-8-15(22)9-7-14/h3-9,11,17-18H,2,10,12-13H2,1H3,(H,24,28)(H,25,29). The summed E-state index contributed by atoms with van der Waals surface area (Å²) in [6, 6.07) is 9.11. The summed E-state index contributed by atoms with van der Waals surface area (Å²) in [5.74, 6) is -1.21. The van der Waals surface area contributed by atoms with Crippen molar-refractivity contribution >= 4 is 17.8 Å². The lowest BCUT2D eigenvalue weighted by Crippen LogP contribution is -2.59. The molecule has 7 nitrogen and oxygen atoms in total. The van der Waals surface area contributed by atoms with Crippen LogP contribution in [0.25, 0.3) is 0 Å². The molecule has 0 spiro atoms. The highest BCUT2D eigenvalue weighted by atomic mass is 19.1. The number of urea groups is 1. The summed E-state index contributed by atoms with van der Waals surface area (Å²) in [6.45, 7) is 2.10. The van der Waals surface area contributed by atoms with E-state index in [0.29, 0.717) is 24.9 Å². The zero-order chi connectivity index (χ0) is 20.8. The fraction of sp³-hybridized carbons (Fsp3) is 0.333. The van der Waals surface area contributed by atoms with Crippen molar-refractivity contribution < 1.29 is 18.8 Å². The van der Waals surface area contributed by atoms with Crippen molar-refractivity contribution in [1.29, 1.82) is 0 Å². The molecular formula is C21H23FN4O3. The van der Waals surface area contributed by atoms with Gasteiger partial charge >= 0.3 is 6.03 Å². The number of hydrogen-bond donors (Lipinski definition) is 2. The van der Waals surface area contributed by atoms with E-state index in [-0.39, 0.29) is 12.3 Å². The van der Waals surface area contributed by atoms with Gasteiger partial charge in [-0.3, -0.25) is 19.5 Å². The maximum absolute atomic E-state index is 13.1. The third-order valence-corrected chi connectivity index (χ3v) is 4.84. The number of hydrogen-bond acceptors (Lipinski definition) is 4. The van der Waals surface area contributed by atoms with Crippen molar-refractivity contribution in [2.45, 2.75) is 38.3 Å². The zero-order valence-corrected chi connectivity index (χ0v) is 16.1. The van der Waals surface area contributed by atoms with Crippen molar-refractivity contribution in [3.05, 3.63) is 65.7 Å². The predicted octanol–water partition coefficient (Wildman–Crippen LogP) is 2.34. The maximum Gasteiger partial charge on any atom is 0.325 e. The largest absolute Gasteiger partial charge is 0.354 e. The van der Waals surface area contributed by atoms with Crippen LogP contribution in [-0.4, -0.2) is 40.3 Å². The summed E-state index contributed by atoms with van der Waals surface area (Å²) in [5.41, 5.74) is 1.48. The van der Waals surface area contributed by atoms with Crippen molar-refractivity contribution in [2.24, 2.45) is 0 Å². The van der Waals surface area contributed by atoms with Crippen LogP contribution in [-0.2, 0) is 16.0 Å². The highest BCUT2D eigenvalue weighted by Crippen LogP contribution is 2.24. The molecule has 3 rings (SSSR count). The number of imide groups is 1. The van der Waals surface area contributed by atoms with Crippen LogP contribution in [0, 0.1) is 5.82 Å². The molecule has 0 radical (unpaired) electrons. The van der Waals surface area contributed by atoms with E-state index in [4.69, 9.17) is 0 Å². The minimum Gasteiger partial charge on any atom is -0.354 e. The van der Waals surface area contributed by atoms with E-state index in [9.17, 15) is 18.8 Å². The second-order valence-electron chi connectivity index (χ2n) is 6.81. The van der Waals surface area contributed by atoms with E-state index in [1.807, 2.05) is 18.2 Å². The Morgan fingerprint density at radius 1 is 1.28 bits per heavy atom. The average molecular weight is 398 g/mol. The number of carbonyl (C=O) groups is 3. The van der Waals surface area contributed by atoms with Crippen LogP contribution in [0.1, 0.15) is 37.1 Å². The van der Waals surface area contributed by atoms with Crippen LogP contribution in [0.15, 0.2) is 48.7 Å². The van der Waals surface area contributed by atoms with Gasteiger partial charge < -0.3 is 10.6 Å². The molecule has 2 N–H and O–H groups in total. The fourth-order valence-electron chi connectivity index (χ4n) is 3.33. The summed E-state index contributed by atoms with van der Waals surface area (Å²) >= 11 is 0. The molecule has 2 unspecified atom stereocenters. The van der Waals surface area contributed by atoms with Gasteiger partial charge in [0.05, 0.1) is 12.5 Å². The van der Waals surface area contributed by atoms with Crippen LogP contribution in [0.5, 0.6) is 0 Å². The molecule has 1 fully saturated rings. The topological polar surface area (TPSA) is 91.4 Å². The Bertz CT molecular complexity index is 855. The Morgan fingerprint density at radius 3 is 2.66 bits per heavy atom. The lowest BCUT2D eigenvalue weighted by atomic mass is 10.00. The summed E-state index contributed by atoms with van der Waals surface area (Å²) in [7, 11) is 0. The number of halogens is 1. The van der Waals surface area contributed by atoms with Crippen molar-refractivity contribution in [3.8, 4) is 0 Å². The molecular weight excluding hydrogens is 375 g/mol. The molecule has 4 amide bonds. The lowest BCUT2D eigenvalue weighted by molar-refractivity contribution is -0.139. The highest BCUT2D eigenvalue weighted by Gasteiger charge is 2.39. The third kappa shape index (κ3) is 4.96. The Balaban J connectivity index is 1.61. The molecule has 2 heterocycles. The van der Waals surface area contributed by atoms with Gasteiger partial charge in [0.2, 0.25) is 11.8 Å². The molecule has 1 aromatic carbocycles. The molecule has 1 aliphatic rings. The molecule has 1 aliphatic heterocycles. The number of nitrogens with one attached hydrogen (secondary N) is 2. The molecule has 0 bridgehead atoms. The monoisotopic (exact) mass is 398 g/mol. The Kier molecular flexibility index (Phi) is 6.54. The van der Waals surface area contributed by atoms with Gasteiger partial charge in [0.1, 0.15) is 11.9 Å². The Hall–Kier alpha value is -3.29. The number of aromatic nitrogens is 1. The molecule has 0 aliphatic carbocycles. The van der Waals surface area contributed by atoms with Crippen molar-refractivity contribution in [2.75, 3.05) is 6.54 Å². The fourth-order valence-corrected chi connectivity index (χ4v) is 3.33. The zero-order valence-electron chi connectivity index (χ0n) is 16.1. The molecule has 1 saturated heterocycles. The number of pyridine rings is 1. The third-order valence-electron chi connectivity index (χ3n) is 4.84. The van der Waals surface area contributed by atoms with Gasteiger partial charge in [0.15, 0.2) is 0 Å². The number of rotatable bonds is 7. The predicted molar refractivity (Wildman–Crippen MR) is 104 cm³/mol. The normalized spacial score (nSPS) is 17.6. The van der Waals surface area contributed by atoms with Gasteiger partial charge in [0.25, 0.3) is 0 Å². The second kappa shape index (κ2) is 9.27. The number of nitrogens with zero attached hydrogens (tertiary/aromatic N) is 2.